The Hall–Kier alpha value is -3.43. The molecule has 6 nitrogen and oxygen atoms in total. The number of aryl methyl sites for hydroxylation is 1. The highest BCUT2D eigenvalue weighted by atomic mass is 32.2. The molecular formula is C27H26FN3O3S2. The molecule has 0 bridgehead atoms. The molecule has 0 radical (unpaired) electrons. The van der Waals surface area contributed by atoms with Crippen LogP contribution >= 0.6 is 23.1 Å². The van der Waals surface area contributed by atoms with Crippen molar-refractivity contribution in [3.63, 3.8) is 0 Å². The number of nitrogens with zero attached hydrogens (tertiary/aromatic N) is 1. The number of benzene rings is 3. The molecule has 9 heteroatoms. The summed E-state index contributed by atoms with van der Waals surface area (Å²) >= 11 is 2.91. The van der Waals surface area contributed by atoms with Gasteiger partial charge in [-0.05, 0) is 77.9 Å². The fraction of sp³-hybridized carbons (Fsp3) is 0.222. The molecule has 1 atom stereocenters. The van der Waals surface area contributed by atoms with Crippen LogP contribution in [0.15, 0.2) is 60.7 Å². The van der Waals surface area contributed by atoms with Crippen LogP contribution in [0.1, 0.15) is 27.9 Å². The van der Waals surface area contributed by atoms with E-state index in [2.05, 4.69) is 15.6 Å². The van der Waals surface area contributed by atoms with Crippen LogP contribution in [0, 0.1) is 12.7 Å². The van der Waals surface area contributed by atoms with E-state index in [0.717, 1.165) is 32.5 Å². The number of carboxylic acid groups (broad SMARTS) is 1. The standard InChI is InChI=1S/C27H26FN3O3S2/c1-16-5-3-4-6-19(16)21-13-17(15-29-27-31-22-10-8-18(28)14-24(22)36-27)7-9-20(21)25(32)30-23(26(33)34)11-12-35-2/h3-10,13-14,23H,11-12,15H2,1-2H3,(H,29,31)(H,30,32)(H,33,34)/t23-/m0/s1. The molecule has 1 amide bonds. The Bertz CT molecular complexity index is 1410. The van der Waals surface area contributed by atoms with E-state index >= 15 is 0 Å². The first-order valence-corrected chi connectivity index (χ1v) is 13.6. The van der Waals surface area contributed by atoms with Gasteiger partial charge in [-0.2, -0.15) is 11.8 Å². The van der Waals surface area contributed by atoms with Gasteiger partial charge in [-0.1, -0.05) is 41.7 Å². The fourth-order valence-electron chi connectivity index (χ4n) is 3.88. The molecule has 0 unspecified atom stereocenters. The molecule has 4 rings (SSSR count). The minimum Gasteiger partial charge on any atom is -0.480 e. The molecule has 0 aliphatic rings. The maximum Gasteiger partial charge on any atom is 0.326 e. The average molecular weight is 524 g/mol. The number of thioether (sulfide) groups is 1. The molecule has 0 fully saturated rings. The molecule has 0 aliphatic heterocycles. The summed E-state index contributed by atoms with van der Waals surface area (Å²) in [5, 5.41) is 16.2. The van der Waals surface area contributed by atoms with Gasteiger partial charge in [0.2, 0.25) is 0 Å². The molecule has 0 saturated carbocycles. The topological polar surface area (TPSA) is 91.3 Å². The van der Waals surface area contributed by atoms with Gasteiger partial charge in [0.1, 0.15) is 11.9 Å². The third-order valence-corrected chi connectivity index (χ3v) is 7.39. The third-order valence-electron chi connectivity index (χ3n) is 5.77. The summed E-state index contributed by atoms with van der Waals surface area (Å²) in [4.78, 5) is 29.4. The van der Waals surface area contributed by atoms with Gasteiger partial charge >= 0.3 is 5.97 Å². The van der Waals surface area contributed by atoms with Crippen molar-refractivity contribution >= 4 is 50.3 Å². The predicted molar refractivity (Wildman–Crippen MR) is 145 cm³/mol. The number of anilines is 1. The lowest BCUT2D eigenvalue weighted by Crippen LogP contribution is -2.41. The van der Waals surface area contributed by atoms with Crippen molar-refractivity contribution in [2.45, 2.75) is 25.9 Å². The molecule has 3 aromatic carbocycles. The number of amides is 1. The highest BCUT2D eigenvalue weighted by Crippen LogP contribution is 2.30. The summed E-state index contributed by atoms with van der Waals surface area (Å²) in [6, 6.07) is 16.8. The van der Waals surface area contributed by atoms with E-state index in [9.17, 15) is 19.1 Å². The van der Waals surface area contributed by atoms with E-state index in [1.54, 1.807) is 12.1 Å². The van der Waals surface area contributed by atoms with Crippen molar-refractivity contribution in [1.82, 2.24) is 10.3 Å². The number of carbonyl (C=O) groups is 2. The maximum absolute atomic E-state index is 13.5. The normalized spacial score (nSPS) is 11.9. The van der Waals surface area contributed by atoms with Gasteiger partial charge in [-0.3, -0.25) is 4.79 Å². The zero-order chi connectivity index (χ0) is 25.7. The lowest BCUT2D eigenvalue weighted by Gasteiger charge is -2.18. The van der Waals surface area contributed by atoms with E-state index in [-0.39, 0.29) is 5.82 Å². The zero-order valence-corrected chi connectivity index (χ0v) is 21.5. The number of rotatable bonds is 10. The summed E-state index contributed by atoms with van der Waals surface area (Å²) < 4.78 is 14.3. The Morgan fingerprint density at radius 3 is 2.67 bits per heavy atom. The van der Waals surface area contributed by atoms with Crippen molar-refractivity contribution in [3.05, 3.63) is 83.2 Å². The van der Waals surface area contributed by atoms with Crippen LogP contribution in [0.3, 0.4) is 0 Å². The highest BCUT2D eigenvalue weighted by molar-refractivity contribution is 7.98. The SMILES string of the molecule is CSCC[C@H](NC(=O)c1ccc(CNc2nc3ccc(F)cc3s2)cc1-c1ccccc1C)C(=O)O. The molecule has 0 aliphatic carbocycles. The number of hydrogen-bond donors (Lipinski definition) is 3. The van der Waals surface area contributed by atoms with Crippen molar-refractivity contribution < 1.29 is 19.1 Å². The van der Waals surface area contributed by atoms with Crippen LogP contribution < -0.4 is 10.6 Å². The van der Waals surface area contributed by atoms with Gasteiger partial charge in [-0.25, -0.2) is 14.2 Å². The summed E-state index contributed by atoms with van der Waals surface area (Å²) in [6.07, 6.45) is 2.24. The number of fused-ring (bicyclic) bond motifs is 1. The van der Waals surface area contributed by atoms with Gasteiger partial charge in [0.15, 0.2) is 5.13 Å². The number of nitrogens with one attached hydrogen (secondary N) is 2. The zero-order valence-electron chi connectivity index (χ0n) is 19.9. The molecule has 1 heterocycles. The summed E-state index contributed by atoms with van der Waals surface area (Å²) in [5.74, 6) is -1.14. The average Bonchev–Trinajstić information content (AvgIpc) is 3.27. The van der Waals surface area contributed by atoms with Gasteiger partial charge in [0.05, 0.1) is 10.2 Å². The first-order chi connectivity index (χ1) is 17.4. The van der Waals surface area contributed by atoms with E-state index in [1.165, 1.54) is 35.2 Å². The second kappa shape index (κ2) is 11.5. The van der Waals surface area contributed by atoms with E-state index in [0.29, 0.717) is 29.4 Å². The molecular weight excluding hydrogens is 497 g/mol. The molecule has 4 aromatic rings. The second-order valence-electron chi connectivity index (χ2n) is 8.33. The summed E-state index contributed by atoms with van der Waals surface area (Å²) in [5.41, 5.74) is 4.69. The predicted octanol–water partition coefficient (Wildman–Crippen LogP) is 5.96. The van der Waals surface area contributed by atoms with Crippen molar-refractivity contribution in [1.29, 1.82) is 0 Å². The molecule has 36 heavy (non-hydrogen) atoms. The number of carboxylic acids is 1. The number of aromatic nitrogens is 1. The minimum absolute atomic E-state index is 0.298. The van der Waals surface area contributed by atoms with Crippen molar-refractivity contribution in [2.75, 3.05) is 17.3 Å². The number of hydrogen-bond acceptors (Lipinski definition) is 6. The van der Waals surface area contributed by atoms with Crippen LogP contribution in [0.25, 0.3) is 21.3 Å². The highest BCUT2D eigenvalue weighted by Gasteiger charge is 2.22. The Labute approximate surface area is 217 Å². The Morgan fingerprint density at radius 2 is 1.92 bits per heavy atom. The first-order valence-electron chi connectivity index (χ1n) is 11.4. The van der Waals surface area contributed by atoms with Crippen molar-refractivity contribution in [2.24, 2.45) is 0 Å². The van der Waals surface area contributed by atoms with E-state index < -0.39 is 17.9 Å². The lowest BCUT2D eigenvalue weighted by atomic mass is 9.93. The number of carbonyl (C=O) groups excluding carboxylic acids is 1. The second-order valence-corrected chi connectivity index (χ2v) is 10.3. The van der Waals surface area contributed by atoms with Gasteiger partial charge < -0.3 is 15.7 Å². The van der Waals surface area contributed by atoms with Gasteiger partial charge in [-0.15, -0.1) is 0 Å². The minimum atomic E-state index is -1.05. The summed E-state index contributed by atoms with van der Waals surface area (Å²) in [7, 11) is 0. The number of thiazole rings is 1. The molecule has 1 aromatic heterocycles. The van der Waals surface area contributed by atoms with Gasteiger partial charge in [0, 0.05) is 12.1 Å². The van der Waals surface area contributed by atoms with Crippen molar-refractivity contribution in [3.8, 4) is 11.1 Å². The smallest absolute Gasteiger partial charge is 0.326 e. The van der Waals surface area contributed by atoms with Crippen LogP contribution in [0.2, 0.25) is 0 Å². The van der Waals surface area contributed by atoms with E-state index in [1.807, 2.05) is 49.6 Å². The third kappa shape index (κ3) is 6.03. The molecule has 0 spiro atoms. The molecule has 0 saturated heterocycles. The van der Waals surface area contributed by atoms with Crippen LogP contribution in [0.4, 0.5) is 9.52 Å². The van der Waals surface area contributed by atoms with E-state index in [4.69, 9.17) is 0 Å². The quantitative estimate of drug-likeness (QED) is 0.238. The Kier molecular flexibility index (Phi) is 8.22. The number of aliphatic carboxylic acids is 1. The number of halogens is 1. The van der Waals surface area contributed by atoms with Gasteiger partial charge in [0.25, 0.3) is 5.91 Å². The Morgan fingerprint density at radius 1 is 1.11 bits per heavy atom. The summed E-state index contributed by atoms with van der Waals surface area (Å²) in [6.45, 7) is 2.43. The molecule has 186 valence electrons. The first kappa shape index (κ1) is 25.7. The largest absolute Gasteiger partial charge is 0.480 e. The van der Waals surface area contributed by atoms with Crippen LogP contribution in [-0.4, -0.2) is 40.0 Å². The lowest BCUT2D eigenvalue weighted by molar-refractivity contribution is -0.139. The molecule has 3 N–H and O–H groups in total. The van der Waals surface area contributed by atoms with Crippen LogP contribution in [-0.2, 0) is 11.3 Å². The maximum atomic E-state index is 13.5. The van der Waals surface area contributed by atoms with Crippen LogP contribution in [0.5, 0.6) is 0 Å². The Balaban J connectivity index is 1.61. The fourth-order valence-corrected chi connectivity index (χ4v) is 5.24. The monoisotopic (exact) mass is 523 g/mol.